The molecule has 22 heavy (non-hydrogen) atoms. The van der Waals surface area contributed by atoms with Crippen molar-refractivity contribution in [3.63, 3.8) is 0 Å². The zero-order valence-electron chi connectivity index (χ0n) is 12.3. The van der Waals surface area contributed by atoms with E-state index in [-0.39, 0.29) is 11.9 Å². The van der Waals surface area contributed by atoms with Crippen LogP contribution < -0.4 is 5.32 Å². The second-order valence-corrected chi connectivity index (χ2v) is 4.60. The minimum absolute atomic E-state index is 0.282. The SMILES string of the molecule is C=C(C(=O)Nc1ccc(C(=O)OCC)cc1)c1ccccc1. The molecule has 112 valence electrons. The van der Waals surface area contributed by atoms with Gasteiger partial charge in [-0.1, -0.05) is 36.9 Å². The van der Waals surface area contributed by atoms with Crippen LogP contribution in [0.25, 0.3) is 5.57 Å². The van der Waals surface area contributed by atoms with Crippen LogP contribution in [0.15, 0.2) is 61.2 Å². The zero-order valence-corrected chi connectivity index (χ0v) is 12.3. The monoisotopic (exact) mass is 295 g/mol. The minimum Gasteiger partial charge on any atom is -0.462 e. The lowest BCUT2D eigenvalue weighted by atomic mass is 10.1. The molecule has 1 amide bonds. The van der Waals surface area contributed by atoms with E-state index in [1.807, 2.05) is 30.3 Å². The van der Waals surface area contributed by atoms with Crippen LogP contribution in [0.5, 0.6) is 0 Å². The number of hydrogen-bond acceptors (Lipinski definition) is 3. The van der Waals surface area contributed by atoms with Gasteiger partial charge in [-0.2, -0.15) is 0 Å². The Morgan fingerprint density at radius 1 is 1.00 bits per heavy atom. The lowest BCUT2D eigenvalue weighted by Crippen LogP contribution is -2.13. The number of esters is 1. The maximum absolute atomic E-state index is 12.1. The molecule has 0 aliphatic heterocycles. The van der Waals surface area contributed by atoms with E-state index in [1.165, 1.54) is 0 Å². The number of carbonyl (C=O) groups is 2. The number of nitrogens with one attached hydrogen (secondary N) is 1. The molecule has 0 aliphatic carbocycles. The largest absolute Gasteiger partial charge is 0.462 e. The summed E-state index contributed by atoms with van der Waals surface area (Å²) in [5.41, 5.74) is 2.19. The number of ether oxygens (including phenoxy) is 1. The zero-order chi connectivity index (χ0) is 15.9. The van der Waals surface area contributed by atoms with Crippen molar-refractivity contribution >= 4 is 23.1 Å². The van der Waals surface area contributed by atoms with Gasteiger partial charge in [0.15, 0.2) is 0 Å². The highest BCUT2D eigenvalue weighted by Gasteiger charge is 2.10. The van der Waals surface area contributed by atoms with E-state index in [9.17, 15) is 9.59 Å². The van der Waals surface area contributed by atoms with Crippen LogP contribution in [-0.4, -0.2) is 18.5 Å². The molecule has 0 fully saturated rings. The van der Waals surface area contributed by atoms with E-state index in [1.54, 1.807) is 31.2 Å². The summed E-state index contributed by atoms with van der Waals surface area (Å²) in [5, 5.41) is 2.75. The van der Waals surface area contributed by atoms with Crippen molar-refractivity contribution in [1.29, 1.82) is 0 Å². The van der Waals surface area contributed by atoms with Crippen molar-refractivity contribution < 1.29 is 14.3 Å². The molecular weight excluding hydrogens is 278 g/mol. The van der Waals surface area contributed by atoms with Gasteiger partial charge in [0, 0.05) is 11.3 Å². The molecule has 0 bridgehead atoms. The standard InChI is InChI=1S/C18H17NO3/c1-3-22-18(21)15-9-11-16(12-10-15)19-17(20)13(2)14-7-5-4-6-8-14/h4-12H,2-3H2,1H3,(H,19,20). The Balaban J connectivity index is 2.03. The first kappa shape index (κ1) is 15.5. The van der Waals surface area contributed by atoms with Crippen LogP contribution in [0.2, 0.25) is 0 Å². The Labute approximate surface area is 129 Å². The predicted molar refractivity (Wildman–Crippen MR) is 86.5 cm³/mol. The van der Waals surface area contributed by atoms with Gasteiger partial charge >= 0.3 is 5.97 Å². The van der Waals surface area contributed by atoms with E-state index in [0.29, 0.717) is 23.4 Å². The second-order valence-electron chi connectivity index (χ2n) is 4.60. The molecule has 4 nitrogen and oxygen atoms in total. The van der Waals surface area contributed by atoms with Crippen molar-refractivity contribution in [2.45, 2.75) is 6.92 Å². The Morgan fingerprint density at radius 2 is 1.64 bits per heavy atom. The summed E-state index contributed by atoms with van der Waals surface area (Å²) in [6.07, 6.45) is 0. The first-order valence-corrected chi connectivity index (χ1v) is 6.94. The number of benzene rings is 2. The van der Waals surface area contributed by atoms with Gasteiger partial charge in [0.25, 0.3) is 5.91 Å². The van der Waals surface area contributed by atoms with Crippen LogP contribution in [0.1, 0.15) is 22.8 Å². The summed E-state index contributed by atoms with van der Waals surface area (Å²) in [6, 6.07) is 15.8. The number of hydrogen-bond donors (Lipinski definition) is 1. The Hall–Kier alpha value is -2.88. The average Bonchev–Trinajstić information content (AvgIpc) is 2.55. The van der Waals surface area contributed by atoms with Crippen molar-refractivity contribution in [1.82, 2.24) is 0 Å². The summed E-state index contributed by atoms with van der Waals surface area (Å²) in [6.45, 7) is 5.88. The Kier molecular flexibility index (Phi) is 5.09. The molecule has 0 heterocycles. The molecule has 0 saturated carbocycles. The molecule has 2 aromatic carbocycles. The lowest BCUT2D eigenvalue weighted by Gasteiger charge is -2.08. The van der Waals surface area contributed by atoms with Crippen LogP contribution in [0.4, 0.5) is 5.69 Å². The summed E-state index contributed by atoms with van der Waals surface area (Å²) >= 11 is 0. The maximum Gasteiger partial charge on any atom is 0.338 e. The molecule has 0 aliphatic rings. The summed E-state index contributed by atoms with van der Waals surface area (Å²) in [4.78, 5) is 23.7. The number of rotatable bonds is 5. The number of anilines is 1. The highest BCUT2D eigenvalue weighted by molar-refractivity contribution is 6.24. The van der Waals surface area contributed by atoms with E-state index in [2.05, 4.69) is 11.9 Å². The second kappa shape index (κ2) is 7.22. The topological polar surface area (TPSA) is 55.4 Å². The van der Waals surface area contributed by atoms with E-state index >= 15 is 0 Å². The summed E-state index contributed by atoms with van der Waals surface area (Å²) in [5.74, 6) is -0.663. The van der Waals surface area contributed by atoms with Gasteiger partial charge in [0.05, 0.1) is 12.2 Å². The fraction of sp³-hybridized carbons (Fsp3) is 0.111. The van der Waals surface area contributed by atoms with Gasteiger partial charge in [-0.05, 0) is 36.8 Å². The summed E-state index contributed by atoms with van der Waals surface area (Å²) < 4.78 is 4.90. The average molecular weight is 295 g/mol. The Morgan fingerprint density at radius 3 is 2.23 bits per heavy atom. The quantitative estimate of drug-likeness (QED) is 0.678. The number of carbonyl (C=O) groups excluding carboxylic acids is 2. The molecule has 4 heteroatoms. The maximum atomic E-state index is 12.1. The van der Waals surface area contributed by atoms with Crippen LogP contribution in [-0.2, 0) is 9.53 Å². The Bertz CT molecular complexity index is 675. The molecule has 0 spiro atoms. The minimum atomic E-state index is -0.380. The van der Waals surface area contributed by atoms with Crippen molar-refractivity contribution in [3.05, 3.63) is 72.3 Å². The third kappa shape index (κ3) is 3.82. The lowest BCUT2D eigenvalue weighted by molar-refractivity contribution is -0.111. The fourth-order valence-electron chi connectivity index (χ4n) is 1.88. The van der Waals surface area contributed by atoms with Crippen molar-refractivity contribution in [3.8, 4) is 0 Å². The molecule has 2 rings (SSSR count). The smallest absolute Gasteiger partial charge is 0.338 e. The van der Waals surface area contributed by atoms with Gasteiger partial charge in [0.2, 0.25) is 0 Å². The third-order valence-corrected chi connectivity index (χ3v) is 3.05. The van der Waals surface area contributed by atoms with Crippen LogP contribution >= 0.6 is 0 Å². The highest BCUT2D eigenvalue weighted by Crippen LogP contribution is 2.16. The van der Waals surface area contributed by atoms with Crippen LogP contribution in [0, 0.1) is 0 Å². The fourth-order valence-corrected chi connectivity index (χ4v) is 1.88. The van der Waals surface area contributed by atoms with Gasteiger partial charge in [0.1, 0.15) is 0 Å². The molecule has 1 N–H and O–H groups in total. The van der Waals surface area contributed by atoms with Gasteiger partial charge in [-0.15, -0.1) is 0 Å². The highest BCUT2D eigenvalue weighted by atomic mass is 16.5. The van der Waals surface area contributed by atoms with Crippen LogP contribution in [0.3, 0.4) is 0 Å². The molecule has 0 atom stereocenters. The molecule has 0 saturated heterocycles. The van der Waals surface area contributed by atoms with Gasteiger partial charge in [-0.25, -0.2) is 4.79 Å². The molecule has 0 aromatic heterocycles. The van der Waals surface area contributed by atoms with Crippen molar-refractivity contribution in [2.24, 2.45) is 0 Å². The van der Waals surface area contributed by atoms with Gasteiger partial charge in [-0.3, -0.25) is 4.79 Å². The predicted octanol–water partition coefficient (Wildman–Crippen LogP) is 3.52. The first-order valence-electron chi connectivity index (χ1n) is 6.94. The first-order chi connectivity index (χ1) is 10.6. The van der Waals surface area contributed by atoms with Crippen molar-refractivity contribution in [2.75, 3.05) is 11.9 Å². The molecule has 2 aromatic rings. The van der Waals surface area contributed by atoms with Gasteiger partial charge < -0.3 is 10.1 Å². The third-order valence-electron chi connectivity index (χ3n) is 3.05. The molecular formula is C18H17NO3. The van der Waals surface area contributed by atoms with E-state index in [0.717, 1.165) is 5.56 Å². The number of amides is 1. The molecule has 0 unspecified atom stereocenters. The summed E-state index contributed by atoms with van der Waals surface area (Å²) in [7, 11) is 0. The van der Waals surface area contributed by atoms with E-state index < -0.39 is 0 Å². The van der Waals surface area contributed by atoms with E-state index in [4.69, 9.17) is 4.74 Å². The normalized spacial score (nSPS) is 9.86. The molecule has 0 radical (unpaired) electrons.